The fraction of sp³-hybridized carbons (Fsp3) is 0.385. The number of likely N-dealkylation sites (N-methyl/N-ethyl adjacent to an activating group) is 1. The summed E-state index contributed by atoms with van der Waals surface area (Å²) in [5, 5.41) is 11.6. The zero-order chi connectivity index (χ0) is 13.8. The molecule has 0 radical (unpaired) electrons. The number of halogens is 1. The minimum atomic E-state index is -0.503. The fourth-order valence-corrected chi connectivity index (χ4v) is 2.12. The summed E-state index contributed by atoms with van der Waals surface area (Å²) in [6.45, 7) is 1.20. The smallest absolute Gasteiger partial charge is 0.244 e. The molecule has 5 nitrogen and oxygen atoms in total. The average molecular weight is 263 g/mol. The Morgan fingerprint density at radius 1 is 1.63 bits per heavy atom. The molecule has 19 heavy (non-hydrogen) atoms. The zero-order valence-corrected chi connectivity index (χ0v) is 10.5. The summed E-state index contributed by atoms with van der Waals surface area (Å²) < 4.78 is 18.4. The molecule has 1 unspecified atom stereocenters. The first-order valence-corrected chi connectivity index (χ1v) is 5.93. The van der Waals surface area contributed by atoms with Crippen molar-refractivity contribution in [2.75, 3.05) is 31.7 Å². The monoisotopic (exact) mass is 263 g/mol. The van der Waals surface area contributed by atoms with E-state index in [-0.39, 0.29) is 18.1 Å². The van der Waals surface area contributed by atoms with Gasteiger partial charge in [-0.2, -0.15) is 5.26 Å². The molecule has 1 heterocycles. The Morgan fingerprint density at radius 3 is 3.11 bits per heavy atom. The van der Waals surface area contributed by atoms with E-state index in [0.29, 0.717) is 18.8 Å². The SMILES string of the molecule is CNC(=O)C1COCCN1c1ccc(F)cc1C#N. The van der Waals surface area contributed by atoms with Crippen molar-refractivity contribution in [3.63, 3.8) is 0 Å². The summed E-state index contributed by atoms with van der Waals surface area (Å²) in [5.74, 6) is -0.655. The Balaban J connectivity index is 2.38. The standard InChI is InChI=1S/C13H14FN3O2/c1-16-13(18)12-8-19-5-4-17(12)11-3-2-10(14)6-9(11)7-15/h2-3,6,12H,4-5,8H2,1H3,(H,16,18). The molecule has 0 spiro atoms. The van der Waals surface area contributed by atoms with E-state index in [4.69, 9.17) is 10.00 Å². The van der Waals surface area contributed by atoms with Gasteiger partial charge >= 0.3 is 0 Å². The number of carbonyl (C=O) groups is 1. The van der Waals surface area contributed by atoms with Crippen LogP contribution < -0.4 is 10.2 Å². The number of carbonyl (C=O) groups excluding carboxylic acids is 1. The van der Waals surface area contributed by atoms with Crippen molar-refractivity contribution in [1.29, 1.82) is 5.26 Å². The molecule has 100 valence electrons. The predicted molar refractivity (Wildman–Crippen MR) is 67.1 cm³/mol. The molecule has 1 aliphatic rings. The van der Waals surface area contributed by atoms with Gasteiger partial charge in [0.2, 0.25) is 5.91 Å². The van der Waals surface area contributed by atoms with E-state index >= 15 is 0 Å². The normalized spacial score (nSPS) is 18.8. The first-order valence-electron chi connectivity index (χ1n) is 5.93. The van der Waals surface area contributed by atoms with Crippen molar-refractivity contribution in [2.24, 2.45) is 0 Å². The molecule has 1 aliphatic heterocycles. The highest BCUT2D eigenvalue weighted by molar-refractivity contribution is 5.86. The lowest BCUT2D eigenvalue weighted by molar-refractivity contribution is -0.124. The van der Waals surface area contributed by atoms with E-state index in [9.17, 15) is 9.18 Å². The second-order valence-electron chi connectivity index (χ2n) is 4.17. The Morgan fingerprint density at radius 2 is 2.42 bits per heavy atom. The number of hydrogen-bond donors (Lipinski definition) is 1. The van der Waals surface area contributed by atoms with Gasteiger partial charge in [-0.05, 0) is 18.2 Å². The number of rotatable bonds is 2. The Kier molecular flexibility index (Phi) is 3.97. The lowest BCUT2D eigenvalue weighted by atomic mass is 10.1. The van der Waals surface area contributed by atoms with E-state index in [2.05, 4.69) is 5.32 Å². The summed E-state index contributed by atoms with van der Waals surface area (Å²) in [6, 6.07) is 5.43. The number of nitrogens with one attached hydrogen (secondary N) is 1. The first-order chi connectivity index (χ1) is 9.17. The summed E-state index contributed by atoms with van der Waals surface area (Å²) in [5.41, 5.74) is 0.775. The van der Waals surface area contributed by atoms with Gasteiger partial charge in [0.05, 0.1) is 24.5 Å². The number of morpholine rings is 1. The van der Waals surface area contributed by atoms with E-state index in [0.717, 1.165) is 0 Å². The van der Waals surface area contributed by atoms with Crippen molar-refractivity contribution < 1.29 is 13.9 Å². The molecule has 0 aliphatic carbocycles. The molecule has 1 amide bonds. The third-order valence-corrected chi connectivity index (χ3v) is 3.07. The minimum absolute atomic E-state index is 0.187. The molecule has 6 heteroatoms. The van der Waals surface area contributed by atoms with Crippen LogP contribution in [0.1, 0.15) is 5.56 Å². The number of benzene rings is 1. The Hall–Kier alpha value is -2.13. The van der Waals surface area contributed by atoms with Gasteiger partial charge in [0.1, 0.15) is 17.9 Å². The number of hydrogen-bond acceptors (Lipinski definition) is 4. The van der Waals surface area contributed by atoms with Gasteiger partial charge in [0, 0.05) is 13.6 Å². The van der Waals surface area contributed by atoms with E-state index < -0.39 is 11.9 Å². The van der Waals surface area contributed by atoms with Crippen LogP contribution in [0, 0.1) is 17.1 Å². The van der Waals surface area contributed by atoms with Crippen molar-refractivity contribution in [3.05, 3.63) is 29.6 Å². The van der Waals surface area contributed by atoms with Crippen LogP contribution >= 0.6 is 0 Å². The predicted octanol–water partition coefficient (Wildman–Crippen LogP) is 0.649. The summed E-state index contributed by atoms with van der Waals surface area (Å²) in [6.07, 6.45) is 0. The van der Waals surface area contributed by atoms with E-state index in [1.54, 1.807) is 11.9 Å². The first kappa shape index (κ1) is 13.3. The quantitative estimate of drug-likeness (QED) is 0.850. The van der Waals surface area contributed by atoms with Crippen LogP contribution in [0.5, 0.6) is 0 Å². The maximum Gasteiger partial charge on any atom is 0.244 e. The van der Waals surface area contributed by atoms with E-state index in [1.807, 2.05) is 6.07 Å². The molecular weight excluding hydrogens is 249 g/mol. The summed E-state index contributed by atoms with van der Waals surface area (Å²) in [7, 11) is 1.55. The van der Waals surface area contributed by atoms with Gasteiger partial charge < -0.3 is 15.0 Å². The molecular formula is C13H14FN3O2. The van der Waals surface area contributed by atoms with Gasteiger partial charge in [0.25, 0.3) is 0 Å². The number of ether oxygens (including phenoxy) is 1. The van der Waals surface area contributed by atoms with Crippen LogP contribution in [-0.2, 0) is 9.53 Å². The second kappa shape index (κ2) is 5.67. The Bertz CT molecular complexity index is 527. The lowest BCUT2D eigenvalue weighted by Crippen LogP contribution is -2.53. The third kappa shape index (κ3) is 2.66. The van der Waals surface area contributed by atoms with Crippen LogP contribution in [-0.4, -0.2) is 38.8 Å². The minimum Gasteiger partial charge on any atom is -0.377 e. The molecule has 0 aromatic heterocycles. The second-order valence-corrected chi connectivity index (χ2v) is 4.17. The summed E-state index contributed by atoms with van der Waals surface area (Å²) in [4.78, 5) is 13.6. The van der Waals surface area contributed by atoms with E-state index in [1.165, 1.54) is 18.2 Å². The molecule has 1 fully saturated rings. The molecule has 0 saturated carbocycles. The van der Waals surface area contributed by atoms with Crippen molar-refractivity contribution in [3.8, 4) is 6.07 Å². The maximum atomic E-state index is 13.1. The molecule has 0 bridgehead atoms. The molecule has 2 rings (SSSR count). The topological polar surface area (TPSA) is 65.4 Å². The number of nitriles is 1. The number of anilines is 1. The largest absolute Gasteiger partial charge is 0.377 e. The van der Waals surface area contributed by atoms with Crippen LogP contribution in [0.2, 0.25) is 0 Å². The van der Waals surface area contributed by atoms with Crippen LogP contribution in [0.25, 0.3) is 0 Å². The van der Waals surface area contributed by atoms with Crippen molar-refractivity contribution in [1.82, 2.24) is 5.32 Å². The maximum absolute atomic E-state index is 13.1. The zero-order valence-electron chi connectivity index (χ0n) is 10.5. The van der Waals surface area contributed by atoms with Gasteiger partial charge in [-0.15, -0.1) is 0 Å². The highest BCUT2D eigenvalue weighted by atomic mass is 19.1. The molecule has 1 aromatic rings. The molecule has 1 atom stereocenters. The summed E-state index contributed by atoms with van der Waals surface area (Å²) >= 11 is 0. The van der Waals surface area contributed by atoms with Gasteiger partial charge in [-0.1, -0.05) is 0 Å². The number of nitrogens with zero attached hydrogens (tertiary/aromatic N) is 2. The van der Waals surface area contributed by atoms with Gasteiger partial charge in [-0.3, -0.25) is 4.79 Å². The third-order valence-electron chi connectivity index (χ3n) is 3.07. The van der Waals surface area contributed by atoms with Crippen LogP contribution in [0.4, 0.5) is 10.1 Å². The average Bonchev–Trinajstić information content (AvgIpc) is 2.46. The molecule has 1 aromatic carbocycles. The highest BCUT2D eigenvalue weighted by Crippen LogP contribution is 2.24. The van der Waals surface area contributed by atoms with Crippen LogP contribution in [0.3, 0.4) is 0 Å². The molecule has 1 N–H and O–H groups in total. The lowest BCUT2D eigenvalue weighted by Gasteiger charge is -2.36. The Labute approximate surface area is 110 Å². The molecule has 1 saturated heterocycles. The van der Waals surface area contributed by atoms with Gasteiger partial charge in [0.15, 0.2) is 0 Å². The van der Waals surface area contributed by atoms with Crippen molar-refractivity contribution in [2.45, 2.75) is 6.04 Å². The van der Waals surface area contributed by atoms with Crippen LogP contribution in [0.15, 0.2) is 18.2 Å². The fourth-order valence-electron chi connectivity index (χ4n) is 2.12. The van der Waals surface area contributed by atoms with Gasteiger partial charge in [-0.25, -0.2) is 4.39 Å². The highest BCUT2D eigenvalue weighted by Gasteiger charge is 2.30. The number of amides is 1. The van der Waals surface area contributed by atoms with Crippen molar-refractivity contribution >= 4 is 11.6 Å².